The average molecular weight is 305 g/mol. The lowest BCUT2D eigenvalue weighted by molar-refractivity contribution is -0.233. The summed E-state index contributed by atoms with van der Waals surface area (Å²) in [5, 5.41) is 20.4. The van der Waals surface area contributed by atoms with Crippen molar-refractivity contribution in [3.63, 3.8) is 0 Å². The molecular formula is C13H15N5O4. The van der Waals surface area contributed by atoms with E-state index in [9.17, 15) is 10.2 Å². The van der Waals surface area contributed by atoms with Crippen LogP contribution >= 0.6 is 0 Å². The zero-order chi connectivity index (χ0) is 15.1. The minimum Gasteiger partial charge on any atom is -0.393 e. The summed E-state index contributed by atoms with van der Waals surface area (Å²) in [5.41, 5.74) is 5.15. The van der Waals surface area contributed by atoms with Crippen molar-refractivity contribution < 1.29 is 19.7 Å². The van der Waals surface area contributed by atoms with Crippen LogP contribution in [0.4, 0.5) is 5.82 Å². The normalized spacial score (nSPS) is 38.2. The Labute approximate surface area is 124 Å². The summed E-state index contributed by atoms with van der Waals surface area (Å²) in [6, 6.07) is 0. The van der Waals surface area contributed by atoms with Gasteiger partial charge in [0.2, 0.25) is 0 Å². The lowest BCUT2D eigenvalue weighted by atomic mass is 9.91. The molecule has 22 heavy (non-hydrogen) atoms. The summed E-state index contributed by atoms with van der Waals surface area (Å²) in [6.45, 7) is -0.287. The minimum atomic E-state index is -1.07. The fourth-order valence-corrected chi connectivity index (χ4v) is 3.83. The number of ether oxygens (including phenoxy) is 2. The van der Waals surface area contributed by atoms with E-state index in [0.717, 1.165) is 12.8 Å². The molecule has 1 spiro atoms. The maximum absolute atomic E-state index is 10.5. The Morgan fingerprint density at radius 3 is 2.86 bits per heavy atom. The fraction of sp³-hybridized carbons (Fsp3) is 0.615. The monoisotopic (exact) mass is 305 g/mol. The number of aliphatic hydroxyl groups excluding tert-OH is 2. The number of anilines is 1. The van der Waals surface area contributed by atoms with E-state index in [2.05, 4.69) is 15.0 Å². The summed E-state index contributed by atoms with van der Waals surface area (Å²) in [7, 11) is 0. The number of aliphatic hydroxyl groups is 2. The van der Waals surface area contributed by atoms with Gasteiger partial charge in [0.25, 0.3) is 0 Å². The minimum absolute atomic E-state index is 0.281. The standard InChI is InChI=1S/C13H15N5O4/c14-9-6-10(16-4-15-9)18(5-17-6)11-7-8(20)13(3-19,22-11)12(21-7)1-2-12/h4-5,7-8,11,19-20H,1-3H2,(H2,14,15,16)/t7?,8-,11-,13-/m1/s1. The van der Waals surface area contributed by atoms with E-state index in [1.807, 2.05) is 0 Å². The molecule has 4 N–H and O–H groups in total. The molecule has 1 saturated carbocycles. The molecule has 1 unspecified atom stereocenters. The number of hydrogen-bond donors (Lipinski definition) is 3. The van der Waals surface area contributed by atoms with Gasteiger partial charge in [-0.15, -0.1) is 0 Å². The van der Waals surface area contributed by atoms with Crippen LogP contribution in [-0.4, -0.2) is 59.7 Å². The number of hydrogen-bond acceptors (Lipinski definition) is 8. The highest BCUT2D eigenvalue weighted by Crippen LogP contribution is 2.64. The number of rotatable bonds is 2. The largest absolute Gasteiger partial charge is 0.393 e. The quantitative estimate of drug-likeness (QED) is 0.642. The van der Waals surface area contributed by atoms with Crippen LogP contribution in [0, 0.1) is 0 Å². The van der Waals surface area contributed by atoms with Crippen LogP contribution < -0.4 is 5.73 Å². The first-order chi connectivity index (χ1) is 10.6. The van der Waals surface area contributed by atoms with Crippen LogP contribution in [0.25, 0.3) is 11.2 Å². The zero-order valence-electron chi connectivity index (χ0n) is 11.6. The van der Waals surface area contributed by atoms with E-state index in [1.165, 1.54) is 6.33 Å². The van der Waals surface area contributed by atoms with Crippen molar-refractivity contribution in [3.05, 3.63) is 12.7 Å². The summed E-state index contributed by atoms with van der Waals surface area (Å²) >= 11 is 0. The number of aromatic nitrogens is 4. The first-order valence-corrected chi connectivity index (χ1v) is 7.19. The summed E-state index contributed by atoms with van der Waals surface area (Å²) in [5.74, 6) is 0.281. The third-order valence-electron chi connectivity index (χ3n) is 5.13. The molecule has 9 heteroatoms. The fourth-order valence-electron chi connectivity index (χ4n) is 3.83. The lowest BCUT2D eigenvalue weighted by Gasteiger charge is -2.36. The van der Waals surface area contributed by atoms with E-state index in [0.29, 0.717) is 11.2 Å². The lowest BCUT2D eigenvalue weighted by Crippen LogP contribution is -2.52. The molecule has 4 heterocycles. The zero-order valence-corrected chi connectivity index (χ0v) is 11.6. The van der Waals surface area contributed by atoms with Crippen LogP contribution in [0.1, 0.15) is 19.1 Å². The number of nitrogen functional groups attached to an aromatic ring is 1. The number of fused-ring (bicyclic) bond motifs is 4. The molecule has 5 rings (SSSR count). The maximum atomic E-state index is 10.5. The molecule has 0 radical (unpaired) electrons. The van der Waals surface area contributed by atoms with Crippen molar-refractivity contribution >= 4 is 17.0 Å². The Morgan fingerprint density at radius 1 is 1.32 bits per heavy atom. The molecule has 3 aliphatic rings. The second-order valence-electron chi connectivity index (χ2n) is 6.16. The van der Waals surface area contributed by atoms with Gasteiger partial charge >= 0.3 is 0 Å². The molecule has 0 amide bonds. The molecule has 1 aliphatic carbocycles. The first kappa shape index (κ1) is 12.7. The molecule has 4 atom stereocenters. The molecular weight excluding hydrogens is 290 g/mol. The van der Waals surface area contributed by atoms with Gasteiger partial charge in [-0.1, -0.05) is 0 Å². The summed E-state index contributed by atoms with van der Waals surface area (Å²) < 4.78 is 13.8. The molecule has 2 bridgehead atoms. The number of imidazole rings is 1. The molecule has 2 aromatic heterocycles. The van der Waals surface area contributed by atoms with Crippen molar-refractivity contribution in [3.8, 4) is 0 Å². The third-order valence-corrected chi connectivity index (χ3v) is 5.13. The van der Waals surface area contributed by atoms with Crippen molar-refractivity contribution in [1.82, 2.24) is 19.5 Å². The van der Waals surface area contributed by atoms with Crippen molar-refractivity contribution in [1.29, 1.82) is 0 Å². The smallest absolute Gasteiger partial charge is 0.167 e. The average Bonchev–Trinajstić information content (AvgIpc) is 2.98. The molecule has 9 nitrogen and oxygen atoms in total. The Hall–Kier alpha value is -1.81. The van der Waals surface area contributed by atoms with Gasteiger partial charge in [0.1, 0.15) is 29.7 Å². The van der Waals surface area contributed by atoms with Gasteiger partial charge in [0.05, 0.1) is 12.9 Å². The Bertz CT molecular complexity index is 775. The van der Waals surface area contributed by atoms with Gasteiger partial charge in [-0.2, -0.15) is 0 Å². The van der Waals surface area contributed by atoms with Crippen molar-refractivity contribution in [2.75, 3.05) is 12.3 Å². The topological polar surface area (TPSA) is 129 Å². The SMILES string of the molecule is Nc1ncnc2c1ncn2[C@@H]1O[C@]2(CO)[C@H](O)C1OC21CC1. The highest BCUT2D eigenvalue weighted by molar-refractivity contribution is 5.81. The van der Waals surface area contributed by atoms with Gasteiger partial charge in [0.15, 0.2) is 23.3 Å². The van der Waals surface area contributed by atoms with Crippen LogP contribution in [0.2, 0.25) is 0 Å². The van der Waals surface area contributed by atoms with Gasteiger partial charge < -0.3 is 25.4 Å². The predicted octanol–water partition coefficient (Wildman–Crippen LogP) is -1.04. The predicted molar refractivity (Wildman–Crippen MR) is 72.5 cm³/mol. The van der Waals surface area contributed by atoms with E-state index in [-0.39, 0.29) is 12.4 Å². The molecule has 3 fully saturated rings. The van der Waals surface area contributed by atoms with Gasteiger partial charge in [0, 0.05) is 0 Å². The van der Waals surface area contributed by atoms with Crippen LogP contribution in [-0.2, 0) is 9.47 Å². The summed E-state index contributed by atoms with van der Waals surface area (Å²) in [6.07, 6.45) is 2.41. The second kappa shape index (κ2) is 3.74. The maximum Gasteiger partial charge on any atom is 0.167 e. The van der Waals surface area contributed by atoms with Crippen LogP contribution in [0.15, 0.2) is 12.7 Å². The highest BCUT2D eigenvalue weighted by Gasteiger charge is 2.78. The van der Waals surface area contributed by atoms with Crippen molar-refractivity contribution in [2.45, 2.75) is 42.5 Å². The van der Waals surface area contributed by atoms with Gasteiger partial charge in [-0.3, -0.25) is 4.57 Å². The molecule has 2 saturated heterocycles. The van der Waals surface area contributed by atoms with E-state index >= 15 is 0 Å². The molecule has 2 aromatic rings. The first-order valence-electron chi connectivity index (χ1n) is 7.19. The van der Waals surface area contributed by atoms with Crippen LogP contribution in [0.5, 0.6) is 0 Å². The second-order valence-corrected chi connectivity index (χ2v) is 6.16. The molecule has 116 valence electrons. The van der Waals surface area contributed by atoms with Crippen molar-refractivity contribution in [2.24, 2.45) is 0 Å². The number of nitrogens with two attached hydrogens (primary N) is 1. The Kier molecular flexibility index (Phi) is 2.16. The summed E-state index contributed by atoms with van der Waals surface area (Å²) in [4.78, 5) is 12.3. The van der Waals surface area contributed by atoms with Gasteiger partial charge in [-0.25, -0.2) is 15.0 Å². The molecule has 2 aliphatic heterocycles. The van der Waals surface area contributed by atoms with Crippen LogP contribution in [0.3, 0.4) is 0 Å². The molecule has 0 aromatic carbocycles. The Morgan fingerprint density at radius 2 is 2.14 bits per heavy atom. The van der Waals surface area contributed by atoms with E-state index in [4.69, 9.17) is 15.2 Å². The third kappa shape index (κ3) is 1.23. The Balaban J connectivity index is 1.62. The number of nitrogens with zero attached hydrogens (tertiary/aromatic N) is 4. The van der Waals surface area contributed by atoms with E-state index in [1.54, 1.807) is 10.9 Å². The highest BCUT2D eigenvalue weighted by atomic mass is 16.7. The van der Waals surface area contributed by atoms with Gasteiger partial charge in [-0.05, 0) is 12.8 Å². The van der Waals surface area contributed by atoms with E-state index < -0.39 is 29.6 Å².